The normalized spacial score (nSPS) is 14.4. The molecule has 0 aliphatic heterocycles. The first kappa shape index (κ1) is 20.6. The topological polar surface area (TPSA) is 23.0 Å². The second-order valence-electron chi connectivity index (χ2n) is 12.6. The maximum atomic E-state index is 9.48. The highest BCUT2D eigenvalue weighted by atomic mass is 16.3. The molecule has 8 aromatic carbocycles. The summed E-state index contributed by atoms with van der Waals surface area (Å²) in [7, 11) is 0. The number of benzene rings is 8. The summed E-state index contributed by atoms with van der Waals surface area (Å²) in [6.07, 6.45) is 0. The SMILES string of the molecule is [2H]c1c([2H])c([2H])c(-c2c([2H])c([2H])c([2H])c(-c3cccc4c3c3ccccc3n4-c3ccc4c(c3)c3ccccc3n4-c3ccc4oc5ccccc5c4c3)c2[2H])c([2H])c1[2H]. The minimum atomic E-state index is -0.606. The van der Waals surface area contributed by atoms with Crippen LogP contribution in [0.15, 0.2) is 186 Å². The molecule has 0 aliphatic rings. The van der Waals surface area contributed by atoms with Crippen LogP contribution in [0.25, 0.3) is 99.2 Å². The van der Waals surface area contributed by atoms with Crippen molar-refractivity contribution in [3.05, 3.63) is 182 Å². The summed E-state index contributed by atoms with van der Waals surface area (Å²) in [5.41, 5.74) is 7.12. The van der Waals surface area contributed by atoms with Gasteiger partial charge in [0.05, 0.1) is 34.4 Å². The van der Waals surface area contributed by atoms with Gasteiger partial charge >= 0.3 is 0 Å². The van der Waals surface area contributed by atoms with Gasteiger partial charge < -0.3 is 13.6 Å². The Labute approximate surface area is 306 Å². The zero-order valence-corrected chi connectivity index (χ0v) is 26.9. The molecule has 0 saturated heterocycles. The van der Waals surface area contributed by atoms with E-state index in [4.69, 9.17) is 15.4 Å². The average Bonchev–Trinajstić information content (AvgIpc) is 3.93. The number of hydrogen-bond donors (Lipinski definition) is 0. The standard InChI is InChI=1S/C48H30N2O/c1-2-12-31(13-3-1)32-14-10-15-33(28-32)36-19-11-22-45-48(36)39-18-5-8-21-43(39)50(45)34-24-26-44-40(29-34)37-16-4-7-20-42(37)49(44)35-25-27-47-41(30-35)38-17-6-9-23-46(38)51-47/h1-30H/i1D,2D,3D,10D,12D,13D,14D,15D,28D. The summed E-state index contributed by atoms with van der Waals surface area (Å²) in [4.78, 5) is 0. The first-order valence-corrected chi connectivity index (χ1v) is 16.7. The molecule has 0 radical (unpaired) electrons. The molecule has 11 rings (SSSR count). The Balaban J connectivity index is 1.16. The highest BCUT2D eigenvalue weighted by Gasteiger charge is 2.19. The fourth-order valence-corrected chi connectivity index (χ4v) is 7.72. The van der Waals surface area contributed by atoms with E-state index >= 15 is 0 Å². The zero-order valence-electron chi connectivity index (χ0n) is 35.9. The van der Waals surface area contributed by atoms with Crippen LogP contribution in [0, 0.1) is 0 Å². The largest absolute Gasteiger partial charge is 0.456 e. The van der Waals surface area contributed by atoms with Crippen molar-refractivity contribution in [3.8, 4) is 33.6 Å². The molecule has 3 nitrogen and oxygen atoms in total. The van der Waals surface area contributed by atoms with Crippen LogP contribution in [0.3, 0.4) is 0 Å². The van der Waals surface area contributed by atoms with Crippen LogP contribution < -0.4 is 0 Å². The van der Waals surface area contributed by atoms with Gasteiger partial charge in [0.15, 0.2) is 0 Å². The van der Waals surface area contributed by atoms with Crippen molar-refractivity contribution in [2.24, 2.45) is 0 Å². The second-order valence-corrected chi connectivity index (χ2v) is 12.6. The van der Waals surface area contributed by atoms with Gasteiger partial charge in [0, 0.05) is 43.7 Å². The monoisotopic (exact) mass is 659 g/mol. The second kappa shape index (κ2) is 10.8. The quantitative estimate of drug-likeness (QED) is 0.184. The van der Waals surface area contributed by atoms with Crippen LogP contribution in [-0.4, -0.2) is 9.13 Å². The van der Waals surface area contributed by atoms with Gasteiger partial charge in [0.1, 0.15) is 11.2 Å². The van der Waals surface area contributed by atoms with E-state index in [0.717, 1.165) is 71.5 Å². The van der Waals surface area contributed by atoms with Crippen molar-refractivity contribution < 1.29 is 16.8 Å². The number of nitrogens with zero attached hydrogens (tertiary/aromatic N) is 2. The Morgan fingerprint density at radius 3 is 1.88 bits per heavy atom. The summed E-state index contributed by atoms with van der Waals surface area (Å²) < 4.78 is 88.9. The maximum Gasteiger partial charge on any atom is 0.135 e. The van der Waals surface area contributed by atoms with Crippen molar-refractivity contribution in [3.63, 3.8) is 0 Å². The van der Waals surface area contributed by atoms with E-state index in [1.165, 1.54) is 0 Å². The number of rotatable bonds is 4. The molecule has 0 amide bonds. The van der Waals surface area contributed by atoms with E-state index in [-0.39, 0.29) is 28.8 Å². The molecule has 0 unspecified atom stereocenters. The van der Waals surface area contributed by atoms with Crippen LogP contribution in [0.5, 0.6) is 0 Å². The number of fused-ring (bicyclic) bond motifs is 9. The molecule has 0 saturated carbocycles. The fourth-order valence-electron chi connectivity index (χ4n) is 7.72. The smallest absolute Gasteiger partial charge is 0.135 e. The molecule has 3 heteroatoms. The Morgan fingerprint density at radius 1 is 0.412 bits per heavy atom. The predicted octanol–water partition coefficient (Wildman–Crippen LogP) is 13.1. The Bertz CT molecular complexity index is 3650. The molecule has 0 aliphatic carbocycles. The lowest BCUT2D eigenvalue weighted by molar-refractivity contribution is 0.669. The van der Waals surface area contributed by atoms with Gasteiger partial charge in [-0.25, -0.2) is 0 Å². The van der Waals surface area contributed by atoms with Gasteiger partial charge in [-0.05, 0) is 89.0 Å². The molecule has 0 spiro atoms. The van der Waals surface area contributed by atoms with Crippen molar-refractivity contribution >= 4 is 65.6 Å². The third-order valence-corrected chi connectivity index (χ3v) is 9.87. The molecule has 3 aromatic heterocycles. The van der Waals surface area contributed by atoms with Crippen LogP contribution in [0.2, 0.25) is 0 Å². The van der Waals surface area contributed by atoms with Crippen molar-refractivity contribution in [1.29, 1.82) is 0 Å². The highest BCUT2D eigenvalue weighted by molar-refractivity contribution is 6.17. The number of hydrogen-bond acceptors (Lipinski definition) is 1. The number of furan rings is 1. The molecule has 0 N–H and O–H groups in total. The van der Waals surface area contributed by atoms with Gasteiger partial charge in [0.25, 0.3) is 0 Å². The summed E-state index contributed by atoms with van der Waals surface area (Å²) in [6, 6.07) is 37.7. The Hall–Kier alpha value is -6.84. The molecular weight excluding hydrogens is 621 g/mol. The van der Waals surface area contributed by atoms with Gasteiger partial charge in [-0.15, -0.1) is 0 Å². The summed E-state index contributed by atoms with van der Waals surface area (Å²) in [5.74, 6) is 0. The van der Waals surface area contributed by atoms with Crippen LogP contribution >= 0.6 is 0 Å². The lowest BCUT2D eigenvalue weighted by Gasteiger charge is -2.11. The maximum absolute atomic E-state index is 9.48. The van der Waals surface area contributed by atoms with Gasteiger partial charge in [0.2, 0.25) is 0 Å². The van der Waals surface area contributed by atoms with E-state index in [0.29, 0.717) is 10.9 Å². The lowest BCUT2D eigenvalue weighted by Crippen LogP contribution is -1.96. The summed E-state index contributed by atoms with van der Waals surface area (Å²) in [5, 5.41) is 5.74. The molecule has 0 atom stereocenters. The highest BCUT2D eigenvalue weighted by Crippen LogP contribution is 2.41. The van der Waals surface area contributed by atoms with E-state index < -0.39 is 42.3 Å². The Kier molecular flexibility index (Phi) is 4.38. The molecule has 51 heavy (non-hydrogen) atoms. The van der Waals surface area contributed by atoms with Crippen LogP contribution in [-0.2, 0) is 0 Å². The van der Waals surface area contributed by atoms with Crippen molar-refractivity contribution in [2.75, 3.05) is 0 Å². The number of para-hydroxylation sites is 3. The van der Waals surface area contributed by atoms with Crippen molar-refractivity contribution in [2.45, 2.75) is 0 Å². The first-order chi connectivity index (χ1) is 29.0. The summed E-state index contributed by atoms with van der Waals surface area (Å²) >= 11 is 0. The van der Waals surface area contributed by atoms with E-state index in [2.05, 4.69) is 57.7 Å². The predicted molar refractivity (Wildman–Crippen MR) is 213 cm³/mol. The van der Waals surface area contributed by atoms with Crippen LogP contribution in [0.1, 0.15) is 12.3 Å². The van der Waals surface area contributed by atoms with E-state index in [1.54, 1.807) is 6.07 Å². The number of aromatic nitrogens is 2. The molecule has 0 bridgehead atoms. The molecule has 238 valence electrons. The van der Waals surface area contributed by atoms with Gasteiger partial charge in [-0.3, -0.25) is 0 Å². The molecule has 3 heterocycles. The zero-order chi connectivity index (χ0) is 41.3. The molecular formula is C48H30N2O. The van der Waals surface area contributed by atoms with Gasteiger partial charge in [-0.2, -0.15) is 0 Å². The van der Waals surface area contributed by atoms with Gasteiger partial charge in [-0.1, -0.05) is 115 Å². The summed E-state index contributed by atoms with van der Waals surface area (Å²) in [6.45, 7) is 0. The average molecular weight is 660 g/mol. The Morgan fingerprint density at radius 2 is 1.02 bits per heavy atom. The molecule has 0 fully saturated rings. The van der Waals surface area contributed by atoms with E-state index in [1.807, 2.05) is 72.8 Å². The minimum absolute atomic E-state index is 0.0345. The lowest BCUT2D eigenvalue weighted by atomic mass is 9.96. The fraction of sp³-hybridized carbons (Fsp3) is 0. The van der Waals surface area contributed by atoms with Crippen LogP contribution in [0.4, 0.5) is 0 Å². The minimum Gasteiger partial charge on any atom is -0.456 e. The third kappa shape index (κ3) is 4.19. The molecule has 11 aromatic rings. The van der Waals surface area contributed by atoms with E-state index in [9.17, 15) is 1.37 Å². The van der Waals surface area contributed by atoms with Crippen molar-refractivity contribution in [1.82, 2.24) is 9.13 Å². The first-order valence-electron chi connectivity index (χ1n) is 21.2. The third-order valence-electron chi connectivity index (χ3n) is 9.87.